The van der Waals surface area contributed by atoms with Crippen molar-refractivity contribution in [1.82, 2.24) is 10.2 Å². The van der Waals surface area contributed by atoms with Crippen molar-refractivity contribution in [3.63, 3.8) is 0 Å². The first kappa shape index (κ1) is 22.9. The Labute approximate surface area is 176 Å². The molecule has 0 saturated carbocycles. The number of thioether (sulfide) groups is 1. The lowest BCUT2D eigenvalue weighted by molar-refractivity contribution is -0.138. The van der Waals surface area contributed by atoms with Crippen molar-refractivity contribution in [1.29, 1.82) is 0 Å². The molecule has 0 spiro atoms. The van der Waals surface area contributed by atoms with Gasteiger partial charge < -0.3 is 10.2 Å². The van der Waals surface area contributed by atoms with Crippen molar-refractivity contribution in [2.75, 3.05) is 18.8 Å². The Balaban J connectivity index is 2.02. The van der Waals surface area contributed by atoms with Crippen LogP contribution in [0.25, 0.3) is 0 Å². The molecule has 1 atom stereocenters. The Morgan fingerprint density at radius 2 is 1.72 bits per heavy atom. The number of nitrogens with zero attached hydrogens (tertiary/aromatic N) is 1. The van der Waals surface area contributed by atoms with Gasteiger partial charge in [0.1, 0.15) is 11.9 Å². The molecule has 0 bridgehead atoms. The van der Waals surface area contributed by atoms with Crippen LogP contribution in [0, 0.1) is 5.82 Å². The lowest BCUT2D eigenvalue weighted by Crippen LogP contribution is -2.50. The second-order valence-corrected chi connectivity index (χ2v) is 7.75. The van der Waals surface area contributed by atoms with E-state index in [1.807, 2.05) is 44.2 Å². The molecular formula is C23H29FN2O2S. The molecule has 0 aliphatic heterocycles. The summed E-state index contributed by atoms with van der Waals surface area (Å²) < 4.78 is 13.0. The summed E-state index contributed by atoms with van der Waals surface area (Å²) in [6.45, 7) is 4.83. The number of hydrogen-bond donors (Lipinski definition) is 1. The van der Waals surface area contributed by atoms with Crippen molar-refractivity contribution >= 4 is 23.6 Å². The van der Waals surface area contributed by atoms with Gasteiger partial charge in [0, 0.05) is 18.8 Å². The Kier molecular flexibility index (Phi) is 9.71. The first-order valence-corrected chi connectivity index (χ1v) is 11.1. The van der Waals surface area contributed by atoms with Gasteiger partial charge in [-0.15, -0.1) is 11.8 Å². The van der Waals surface area contributed by atoms with E-state index < -0.39 is 6.04 Å². The predicted octanol–water partition coefficient (Wildman–Crippen LogP) is 4.04. The number of rotatable bonds is 11. The first-order chi connectivity index (χ1) is 14.0. The number of carbonyl (C=O) groups is 2. The highest BCUT2D eigenvalue weighted by Gasteiger charge is 2.27. The molecule has 0 aromatic heterocycles. The van der Waals surface area contributed by atoms with Crippen LogP contribution in [0.5, 0.6) is 0 Å². The standard InChI is InChI=1S/C23H29FN2O2S/c1-3-21(23(28)25-4-2)26(15-14-18-8-6-5-7-9-18)22(27)17-29-16-19-10-12-20(24)13-11-19/h5-13,21H,3-4,14-17H2,1-2H3,(H,25,28)/t21-/m1/s1. The van der Waals surface area contributed by atoms with Gasteiger partial charge >= 0.3 is 0 Å². The fraction of sp³-hybridized carbons (Fsp3) is 0.391. The summed E-state index contributed by atoms with van der Waals surface area (Å²) in [5.41, 5.74) is 2.10. The molecule has 0 aliphatic carbocycles. The number of nitrogens with one attached hydrogen (secondary N) is 1. The van der Waals surface area contributed by atoms with Crippen molar-refractivity contribution < 1.29 is 14.0 Å². The number of benzene rings is 2. The normalized spacial score (nSPS) is 11.7. The molecule has 2 aromatic carbocycles. The number of likely N-dealkylation sites (N-methyl/N-ethyl adjacent to an activating group) is 1. The Morgan fingerprint density at radius 1 is 1.03 bits per heavy atom. The van der Waals surface area contributed by atoms with E-state index in [9.17, 15) is 14.0 Å². The van der Waals surface area contributed by atoms with Gasteiger partial charge in [-0.25, -0.2) is 4.39 Å². The van der Waals surface area contributed by atoms with Crippen molar-refractivity contribution in [2.45, 2.75) is 38.5 Å². The average Bonchev–Trinajstić information content (AvgIpc) is 2.73. The highest BCUT2D eigenvalue weighted by Crippen LogP contribution is 2.16. The molecule has 2 amide bonds. The van der Waals surface area contributed by atoms with E-state index in [-0.39, 0.29) is 23.4 Å². The van der Waals surface area contributed by atoms with E-state index in [1.165, 1.54) is 23.9 Å². The molecule has 0 radical (unpaired) electrons. The maximum absolute atomic E-state index is 13.0. The molecule has 1 N–H and O–H groups in total. The highest BCUT2D eigenvalue weighted by atomic mass is 32.2. The second kappa shape index (κ2) is 12.3. The van der Waals surface area contributed by atoms with Crippen molar-refractivity contribution in [3.05, 3.63) is 71.5 Å². The molecule has 0 aliphatic rings. The summed E-state index contributed by atoms with van der Waals surface area (Å²) in [6.07, 6.45) is 1.26. The first-order valence-electron chi connectivity index (χ1n) is 9.98. The van der Waals surface area contributed by atoms with E-state index in [0.29, 0.717) is 31.7 Å². The molecule has 29 heavy (non-hydrogen) atoms. The molecule has 0 heterocycles. The number of amides is 2. The number of halogens is 1. The van der Waals surface area contributed by atoms with E-state index >= 15 is 0 Å². The van der Waals surface area contributed by atoms with Crippen molar-refractivity contribution in [3.8, 4) is 0 Å². The monoisotopic (exact) mass is 416 g/mol. The Bertz CT molecular complexity index is 768. The van der Waals surface area contributed by atoms with Crippen LogP contribution < -0.4 is 5.32 Å². The summed E-state index contributed by atoms with van der Waals surface area (Å²) >= 11 is 1.48. The molecule has 0 fully saturated rings. The Hall–Kier alpha value is -2.34. The van der Waals surface area contributed by atoms with Crippen LogP contribution in [0.4, 0.5) is 4.39 Å². The molecule has 2 rings (SSSR count). The van der Waals surface area contributed by atoms with E-state index in [2.05, 4.69) is 5.32 Å². The van der Waals surface area contributed by atoms with E-state index in [0.717, 1.165) is 11.1 Å². The smallest absolute Gasteiger partial charge is 0.242 e. The van der Waals surface area contributed by atoms with Gasteiger partial charge in [0.15, 0.2) is 0 Å². The molecule has 4 nitrogen and oxygen atoms in total. The third-order valence-corrected chi connectivity index (χ3v) is 5.62. The zero-order valence-corrected chi connectivity index (χ0v) is 17.9. The lowest BCUT2D eigenvalue weighted by Gasteiger charge is -2.30. The number of carbonyl (C=O) groups excluding carboxylic acids is 2. The van der Waals surface area contributed by atoms with Gasteiger partial charge in [-0.3, -0.25) is 9.59 Å². The van der Waals surface area contributed by atoms with Gasteiger partial charge in [-0.05, 0) is 43.0 Å². The zero-order valence-electron chi connectivity index (χ0n) is 17.1. The van der Waals surface area contributed by atoms with Gasteiger partial charge in [-0.1, -0.05) is 49.4 Å². The minimum absolute atomic E-state index is 0.0499. The topological polar surface area (TPSA) is 49.4 Å². The fourth-order valence-electron chi connectivity index (χ4n) is 3.11. The fourth-order valence-corrected chi connectivity index (χ4v) is 3.98. The summed E-state index contributed by atoms with van der Waals surface area (Å²) in [5.74, 6) is 0.471. The van der Waals surface area contributed by atoms with Gasteiger partial charge in [0.25, 0.3) is 0 Å². The quantitative estimate of drug-likeness (QED) is 0.601. The molecule has 0 unspecified atom stereocenters. The largest absolute Gasteiger partial charge is 0.355 e. The zero-order chi connectivity index (χ0) is 21.1. The summed E-state index contributed by atoms with van der Waals surface area (Å²) in [7, 11) is 0. The van der Waals surface area contributed by atoms with Gasteiger partial charge in [0.05, 0.1) is 5.75 Å². The lowest BCUT2D eigenvalue weighted by atomic mass is 10.1. The van der Waals surface area contributed by atoms with Crippen LogP contribution in [0.1, 0.15) is 31.4 Å². The Morgan fingerprint density at radius 3 is 2.34 bits per heavy atom. The third-order valence-electron chi connectivity index (χ3n) is 4.63. The minimum atomic E-state index is -0.474. The maximum atomic E-state index is 13.0. The van der Waals surface area contributed by atoms with Gasteiger partial charge in [-0.2, -0.15) is 0 Å². The van der Waals surface area contributed by atoms with E-state index in [4.69, 9.17) is 0 Å². The van der Waals surface area contributed by atoms with Crippen LogP contribution in [0.3, 0.4) is 0 Å². The maximum Gasteiger partial charge on any atom is 0.242 e. The SMILES string of the molecule is CCNC(=O)[C@@H](CC)N(CCc1ccccc1)C(=O)CSCc1ccc(F)cc1. The van der Waals surface area contributed by atoms with Gasteiger partial charge in [0.2, 0.25) is 11.8 Å². The minimum Gasteiger partial charge on any atom is -0.355 e. The average molecular weight is 417 g/mol. The molecule has 6 heteroatoms. The van der Waals surface area contributed by atoms with Crippen LogP contribution in [-0.2, 0) is 21.8 Å². The third kappa shape index (κ3) is 7.54. The van der Waals surface area contributed by atoms with Crippen LogP contribution in [0.15, 0.2) is 54.6 Å². The molecule has 156 valence electrons. The van der Waals surface area contributed by atoms with Crippen LogP contribution in [0.2, 0.25) is 0 Å². The second-order valence-electron chi connectivity index (χ2n) is 6.76. The van der Waals surface area contributed by atoms with Crippen LogP contribution in [-0.4, -0.2) is 41.6 Å². The molecule has 0 saturated heterocycles. The summed E-state index contributed by atoms with van der Waals surface area (Å²) in [4.78, 5) is 27.2. The molecule has 2 aromatic rings. The predicted molar refractivity (Wildman–Crippen MR) is 117 cm³/mol. The van der Waals surface area contributed by atoms with Crippen molar-refractivity contribution in [2.24, 2.45) is 0 Å². The molecular weight excluding hydrogens is 387 g/mol. The number of hydrogen-bond acceptors (Lipinski definition) is 3. The highest BCUT2D eigenvalue weighted by molar-refractivity contribution is 7.99. The van der Waals surface area contributed by atoms with Crippen LogP contribution >= 0.6 is 11.8 Å². The summed E-state index contributed by atoms with van der Waals surface area (Å²) in [5, 5.41) is 2.84. The summed E-state index contributed by atoms with van der Waals surface area (Å²) in [6, 6.07) is 15.8. The van der Waals surface area contributed by atoms with E-state index in [1.54, 1.807) is 17.0 Å².